The molecule has 0 bridgehead atoms. The summed E-state index contributed by atoms with van der Waals surface area (Å²) in [5, 5.41) is 0. The second-order valence-electron chi connectivity index (χ2n) is 4.87. The third-order valence-electron chi connectivity index (χ3n) is 2.90. The van der Waals surface area contributed by atoms with Crippen molar-refractivity contribution in [1.82, 2.24) is 0 Å². The maximum atomic E-state index is 13.1. The first-order valence-corrected chi connectivity index (χ1v) is 6.23. The molecule has 0 N–H and O–H groups in total. The highest BCUT2D eigenvalue weighted by atomic mass is 19.1. The average Bonchev–Trinajstić information content (AvgIpc) is 2.67. The van der Waals surface area contributed by atoms with Crippen LogP contribution in [0.2, 0.25) is 0 Å². The predicted molar refractivity (Wildman–Crippen MR) is 66.2 cm³/mol. The zero-order chi connectivity index (χ0) is 13.2. The van der Waals surface area contributed by atoms with E-state index in [-0.39, 0.29) is 11.9 Å². The zero-order valence-electron chi connectivity index (χ0n) is 11.0. The van der Waals surface area contributed by atoms with Crippen LogP contribution in [-0.4, -0.2) is 25.1 Å². The normalized spacial score (nSPS) is 22.1. The van der Waals surface area contributed by atoms with Crippen LogP contribution < -0.4 is 4.74 Å². The van der Waals surface area contributed by atoms with Gasteiger partial charge in [0, 0.05) is 0 Å². The summed E-state index contributed by atoms with van der Waals surface area (Å²) in [5.41, 5.74) is 0.869. The van der Waals surface area contributed by atoms with Gasteiger partial charge in [0.25, 0.3) is 0 Å². The number of hydrogen-bond acceptors (Lipinski definition) is 3. The number of halogens is 1. The Labute approximate surface area is 107 Å². The van der Waals surface area contributed by atoms with Crippen molar-refractivity contribution in [2.75, 3.05) is 13.2 Å². The fourth-order valence-corrected chi connectivity index (χ4v) is 1.99. The molecule has 0 amide bonds. The summed E-state index contributed by atoms with van der Waals surface area (Å²) in [7, 11) is 0. The molecule has 3 nitrogen and oxygen atoms in total. The van der Waals surface area contributed by atoms with Crippen LogP contribution in [0.5, 0.6) is 5.75 Å². The monoisotopic (exact) mass is 254 g/mol. The summed E-state index contributed by atoms with van der Waals surface area (Å²) >= 11 is 0. The van der Waals surface area contributed by atoms with Crippen LogP contribution in [-0.2, 0) is 15.9 Å². The van der Waals surface area contributed by atoms with Gasteiger partial charge in [-0.2, -0.15) is 0 Å². The van der Waals surface area contributed by atoms with Crippen molar-refractivity contribution >= 4 is 0 Å². The molecule has 0 aliphatic carbocycles. The molecular weight excluding hydrogens is 235 g/mol. The smallest absolute Gasteiger partial charge is 0.163 e. The molecule has 0 radical (unpaired) electrons. The molecule has 1 unspecified atom stereocenters. The lowest BCUT2D eigenvalue weighted by Crippen LogP contribution is -2.25. The van der Waals surface area contributed by atoms with Gasteiger partial charge in [-0.25, -0.2) is 4.39 Å². The third kappa shape index (κ3) is 3.21. The van der Waals surface area contributed by atoms with Gasteiger partial charge in [0.2, 0.25) is 0 Å². The van der Waals surface area contributed by atoms with E-state index in [1.807, 2.05) is 20.8 Å². The lowest BCUT2D eigenvalue weighted by Gasteiger charge is -2.18. The summed E-state index contributed by atoms with van der Waals surface area (Å²) < 4.78 is 29.9. The Morgan fingerprint density at radius 1 is 1.44 bits per heavy atom. The summed E-state index contributed by atoms with van der Waals surface area (Å²) in [4.78, 5) is 0. The van der Waals surface area contributed by atoms with Gasteiger partial charge >= 0.3 is 0 Å². The van der Waals surface area contributed by atoms with E-state index in [0.717, 1.165) is 12.0 Å². The first-order chi connectivity index (χ1) is 8.50. The molecule has 0 saturated carbocycles. The van der Waals surface area contributed by atoms with Crippen molar-refractivity contribution in [1.29, 1.82) is 0 Å². The van der Waals surface area contributed by atoms with Crippen LogP contribution in [0.15, 0.2) is 18.2 Å². The average molecular weight is 254 g/mol. The van der Waals surface area contributed by atoms with Crippen molar-refractivity contribution < 1.29 is 18.6 Å². The Hall–Kier alpha value is -1.13. The minimum atomic E-state index is -0.537. The second kappa shape index (κ2) is 5.24. The van der Waals surface area contributed by atoms with Crippen LogP contribution in [0.25, 0.3) is 0 Å². The van der Waals surface area contributed by atoms with Gasteiger partial charge in [0.15, 0.2) is 5.79 Å². The second-order valence-corrected chi connectivity index (χ2v) is 4.87. The van der Waals surface area contributed by atoms with Crippen molar-refractivity contribution in [2.45, 2.75) is 39.1 Å². The molecule has 1 fully saturated rings. The lowest BCUT2D eigenvalue weighted by atomic mass is 10.1. The van der Waals surface area contributed by atoms with Crippen LogP contribution in [0.4, 0.5) is 4.39 Å². The van der Waals surface area contributed by atoms with E-state index >= 15 is 0 Å². The van der Waals surface area contributed by atoms with Crippen LogP contribution in [0.3, 0.4) is 0 Å². The first kappa shape index (κ1) is 13.3. The van der Waals surface area contributed by atoms with Crippen molar-refractivity contribution in [3.05, 3.63) is 29.6 Å². The fraction of sp³-hybridized carbons (Fsp3) is 0.571. The molecule has 18 heavy (non-hydrogen) atoms. The number of rotatable bonds is 4. The maximum Gasteiger partial charge on any atom is 0.163 e. The number of ether oxygens (including phenoxy) is 3. The standard InChI is InChI=1S/C14H19FO3/c1-4-10-7-11(15)5-6-13(10)16-8-12-9-17-14(2,3)18-12/h5-7,12H,4,8-9H2,1-3H3. The summed E-state index contributed by atoms with van der Waals surface area (Å²) in [6.07, 6.45) is 0.662. The van der Waals surface area contributed by atoms with Gasteiger partial charge in [-0.15, -0.1) is 0 Å². The summed E-state index contributed by atoms with van der Waals surface area (Å²) in [6.45, 7) is 6.67. The molecule has 4 heteroatoms. The highest BCUT2D eigenvalue weighted by Crippen LogP contribution is 2.25. The molecule has 0 spiro atoms. The van der Waals surface area contributed by atoms with Crippen molar-refractivity contribution in [3.63, 3.8) is 0 Å². The highest BCUT2D eigenvalue weighted by Gasteiger charge is 2.33. The lowest BCUT2D eigenvalue weighted by molar-refractivity contribution is -0.141. The molecular formula is C14H19FO3. The molecule has 1 atom stereocenters. The molecule has 1 aliphatic rings. The van der Waals surface area contributed by atoms with Gasteiger partial charge in [-0.05, 0) is 44.0 Å². The van der Waals surface area contributed by atoms with Gasteiger partial charge in [-0.1, -0.05) is 6.92 Å². The topological polar surface area (TPSA) is 27.7 Å². The largest absolute Gasteiger partial charge is 0.490 e. The molecule has 1 aromatic rings. The highest BCUT2D eigenvalue weighted by molar-refractivity contribution is 5.33. The van der Waals surface area contributed by atoms with E-state index in [9.17, 15) is 4.39 Å². The fourth-order valence-electron chi connectivity index (χ4n) is 1.99. The molecule has 1 saturated heterocycles. The predicted octanol–water partition coefficient (Wildman–Crippen LogP) is 2.92. The van der Waals surface area contributed by atoms with E-state index in [0.29, 0.717) is 19.0 Å². The van der Waals surface area contributed by atoms with Crippen molar-refractivity contribution in [3.8, 4) is 5.75 Å². The van der Waals surface area contributed by atoms with Gasteiger partial charge in [-0.3, -0.25) is 0 Å². The Balaban J connectivity index is 1.94. The SMILES string of the molecule is CCc1cc(F)ccc1OCC1COC(C)(C)O1. The number of benzene rings is 1. The zero-order valence-corrected chi connectivity index (χ0v) is 11.0. The minimum Gasteiger partial charge on any atom is -0.490 e. The molecule has 100 valence electrons. The Morgan fingerprint density at radius 2 is 2.22 bits per heavy atom. The minimum absolute atomic E-state index is 0.0743. The van der Waals surface area contributed by atoms with Gasteiger partial charge < -0.3 is 14.2 Å². The van der Waals surface area contributed by atoms with E-state index in [4.69, 9.17) is 14.2 Å². The Bertz CT molecular complexity index is 418. The Kier molecular flexibility index (Phi) is 3.88. The molecule has 0 aromatic heterocycles. The number of aryl methyl sites for hydroxylation is 1. The van der Waals surface area contributed by atoms with Crippen molar-refractivity contribution in [2.24, 2.45) is 0 Å². The quantitative estimate of drug-likeness (QED) is 0.827. The van der Waals surface area contributed by atoms with E-state index in [1.54, 1.807) is 6.07 Å². The van der Waals surface area contributed by atoms with E-state index < -0.39 is 5.79 Å². The third-order valence-corrected chi connectivity index (χ3v) is 2.90. The van der Waals surface area contributed by atoms with Crippen LogP contribution in [0.1, 0.15) is 26.3 Å². The molecule has 1 aliphatic heterocycles. The first-order valence-electron chi connectivity index (χ1n) is 6.23. The Morgan fingerprint density at radius 3 is 2.83 bits per heavy atom. The van der Waals surface area contributed by atoms with Crippen LogP contribution in [0, 0.1) is 5.82 Å². The molecule has 1 heterocycles. The summed E-state index contributed by atoms with van der Waals surface area (Å²) in [6, 6.07) is 4.57. The summed E-state index contributed by atoms with van der Waals surface area (Å²) in [5.74, 6) is -0.0577. The molecule has 1 aromatic carbocycles. The van der Waals surface area contributed by atoms with Gasteiger partial charge in [0.1, 0.15) is 24.3 Å². The van der Waals surface area contributed by atoms with Crippen LogP contribution >= 0.6 is 0 Å². The number of hydrogen-bond donors (Lipinski definition) is 0. The van der Waals surface area contributed by atoms with E-state index in [1.165, 1.54) is 12.1 Å². The van der Waals surface area contributed by atoms with E-state index in [2.05, 4.69) is 0 Å². The van der Waals surface area contributed by atoms with Gasteiger partial charge in [0.05, 0.1) is 6.61 Å². The maximum absolute atomic E-state index is 13.1. The molecule has 2 rings (SSSR count).